The second-order valence-corrected chi connectivity index (χ2v) is 10.9. The van der Waals surface area contributed by atoms with E-state index in [0.717, 1.165) is 21.0 Å². The Morgan fingerprint density at radius 2 is 1.88 bits per heavy atom. The number of anilines is 1. The summed E-state index contributed by atoms with van der Waals surface area (Å²) in [4.78, 5) is 16.6. The van der Waals surface area contributed by atoms with Crippen molar-refractivity contribution >= 4 is 44.5 Å². The van der Waals surface area contributed by atoms with Gasteiger partial charge in [-0.1, -0.05) is 42.5 Å². The number of benzene rings is 2. The van der Waals surface area contributed by atoms with Gasteiger partial charge in [-0.3, -0.25) is 4.79 Å². The minimum Gasteiger partial charge on any atom is -0.431 e. The maximum atomic E-state index is 12.7. The second kappa shape index (κ2) is 12.3. The van der Waals surface area contributed by atoms with Gasteiger partial charge in [0.25, 0.3) is 0 Å². The summed E-state index contributed by atoms with van der Waals surface area (Å²) >= 11 is 2.25. The Morgan fingerprint density at radius 3 is 2.59 bits per heavy atom. The molecule has 0 bridgehead atoms. The number of oxazole rings is 1. The normalized spacial score (nSPS) is 13.3. The van der Waals surface area contributed by atoms with Gasteiger partial charge in [-0.25, -0.2) is 13.1 Å². The lowest BCUT2D eigenvalue weighted by molar-refractivity contribution is -0.122. The molecule has 0 fully saturated rings. The van der Waals surface area contributed by atoms with Gasteiger partial charge in [-0.2, -0.15) is 4.98 Å². The summed E-state index contributed by atoms with van der Waals surface area (Å²) in [5, 5.41) is 17.0. The van der Waals surface area contributed by atoms with Crippen LogP contribution in [-0.4, -0.2) is 49.4 Å². The fourth-order valence-electron chi connectivity index (χ4n) is 3.32. The molecule has 2 atom stereocenters. The van der Waals surface area contributed by atoms with Crippen molar-refractivity contribution in [3.05, 3.63) is 81.3 Å². The van der Waals surface area contributed by atoms with Crippen LogP contribution in [0, 0.1) is 3.57 Å². The molecular formula is C23H27IN4O5S. The molecule has 11 heteroatoms. The molecule has 0 aliphatic rings. The van der Waals surface area contributed by atoms with E-state index in [9.17, 15) is 18.3 Å². The van der Waals surface area contributed by atoms with E-state index in [1.165, 1.54) is 6.26 Å². The zero-order valence-corrected chi connectivity index (χ0v) is 21.5. The lowest BCUT2D eigenvalue weighted by atomic mass is 10.0. The van der Waals surface area contributed by atoms with Crippen molar-refractivity contribution in [1.29, 1.82) is 0 Å². The Hall–Kier alpha value is -2.48. The number of amides is 1. The Balaban J connectivity index is 1.60. The molecule has 1 heterocycles. The van der Waals surface area contributed by atoms with Gasteiger partial charge < -0.3 is 20.2 Å². The molecule has 0 unspecified atom stereocenters. The fraction of sp³-hybridized carbons (Fsp3) is 0.304. The zero-order chi connectivity index (χ0) is 24.6. The van der Waals surface area contributed by atoms with Crippen LogP contribution in [0.1, 0.15) is 16.8 Å². The number of nitrogens with zero attached hydrogens (tertiary/aromatic N) is 1. The fourth-order valence-corrected chi connectivity index (χ4v) is 4.34. The number of hydrogen-bond donors (Lipinski definition) is 4. The van der Waals surface area contributed by atoms with Crippen molar-refractivity contribution in [2.45, 2.75) is 31.5 Å². The van der Waals surface area contributed by atoms with E-state index in [1.807, 2.05) is 48.5 Å². The molecule has 9 nitrogen and oxygen atoms in total. The van der Waals surface area contributed by atoms with Crippen LogP contribution in [0.3, 0.4) is 0 Å². The van der Waals surface area contributed by atoms with E-state index in [-0.39, 0.29) is 30.6 Å². The van der Waals surface area contributed by atoms with Gasteiger partial charge in [0.05, 0.1) is 30.5 Å². The van der Waals surface area contributed by atoms with E-state index < -0.39 is 22.2 Å². The van der Waals surface area contributed by atoms with Crippen LogP contribution in [-0.2, 0) is 34.2 Å². The Labute approximate surface area is 212 Å². The van der Waals surface area contributed by atoms with Crippen molar-refractivity contribution in [2.24, 2.45) is 0 Å². The molecule has 0 aliphatic heterocycles. The summed E-state index contributed by atoms with van der Waals surface area (Å²) < 4.78 is 30.9. The van der Waals surface area contributed by atoms with Crippen LogP contribution in [0.2, 0.25) is 0 Å². The molecule has 1 aromatic heterocycles. The molecule has 0 saturated carbocycles. The van der Waals surface area contributed by atoms with Gasteiger partial charge in [0.15, 0.2) is 0 Å². The van der Waals surface area contributed by atoms with E-state index in [0.29, 0.717) is 13.0 Å². The minimum atomic E-state index is -3.54. The lowest BCUT2D eigenvalue weighted by Gasteiger charge is -2.25. The second-order valence-electron chi connectivity index (χ2n) is 7.89. The van der Waals surface area contributed by atoms with Gasteiger partial charge in [-0.15, -0.1) is 0 Å². The SMILES string of the molecule is CS(=O)(=O)Nc1nc(CC(=O)N[C@@H](Cc2ccccc2)[C@H](O)CNCc2cccc(I)c2)co1. The molecule has 1 amide bonds. The van der Waals surface area contributed by atoms with Crippen LogP contribution < -0.4 is 15.4 Å². The number of aliphatic hydroxyl groups is 1. The van der Waals surface area contributed by atoms with E-state index in [2.05, 4.69) is 49.0 Å². The third-order valence-electron chi connectivity index (χ3n) is 4.85. The standard InChI is InChI=1S/C23H27IN4O5S/c1-34(31,32)28-23-26-19(15-33-23)12-22(30)27-20(11-16-6-3-2-4-7-16)21(29)14-25-13-17-8-5-9-18(24)10-17/h2-10,15,20-21,25,29H,11-14H2,1H3,(H,26,28)(H,27,30)/t20-,21+/m0/s1. The van der Waals surface area contributed by atoms with Crippen molar-refractivity contribution in [3.8, 4) is 0 Å². The molecule has 0 saturated heterocycles. The predicted octanol–water partition coefficient (Wildman–Crippen LogP) is 2.07. The first kappa shape index (κ1) is 26.1. The zero-order valence-electron chi connectivity index (χ0n) is 18.6. The average molecular weight is 598 g/mol. The first-order valence-electron chi connectivity index (χ1n) is 10.6. The molecule has 3 aromatic rings. The number of halogens is 1. The number of hydrogen-bond acceptors (Lipinski definition) is 7. The van der Waals surface area contributed by atoms with Gasteiger partial charge in [0.1, 0.15) is 6.26 Å². The first-order chi connectivity index (χ1) is 16.2. The van der Waals surface area contributed by atoms with Gasteiger partial charge in [-0.05, 0) is 52.3 Å². The summed E-state index contributed by atoms with van der Waals surface area (Å²) in [6, 6.07) is 16.9. The van der Waals surface area contributed by atoms with Crippen LogP contribution in [0.15, 0.2) is 65.3 Å². The number of aliphatic hydroxyl groups excluding tert-OH is 1. The molecule has 0 aliphatic carbocycles. The number of nitrogens with one attached hydrogen (secondary N) is 3. The summed E-state index contributed by atoms with van der Waals surface area (Å²) in [6.45, 7) is 0.880. The molecule has 3 rings (SSSR count). The van der Waals surface area contributed by atoms with Crippen LogP contribution >= 0.6 is 22.6 Å². The number of carbonyl (C=O) groups is 1. The lowest BCUT2D eigenvalue weighted by Crippen LogP contribution is -2.49. The molecule has 182 valence electrons. The molecule has 0 radical (unpaired) electrons. The quantitative estimate of drug-likeness (QED) is 0.235. The van der Waals surface area contributed by atoms with Crippen LogP contribution in [0.4, 0.5) is 6.01 Å². The Bertz CT molecular complexity index is 1190. The number of sulfonamides is 1. The predicted molar refractivity (Wildman–Crippen MR) is 138 cm³/mol. The number of carbonyl (C=O) groups excluding carboxylic acids is 1. The highest BCUT2D eigenvalue weighted by atomic mass is 127. The Morgan fingerprint density at radius 1 is 1.15 bits per heavy atom. The van der Waals surface area contributed by atoms with Crippen molar-refractivity contribution in [2.75, 3.05) is 17.5 Å². The summed E-state index contributed by atoms with van der Waals surface area (Å²) in [5.74, 6) is -0.364. The number of rotatable bonds is 12. The van der Waals surface area contributed by atoms with E-state index >= 15 is 0 Å². The highest BCUT2D eigenvalue weighted by Gasteiger charge is 2.22. The van der Waals surface area contributed by atoms with Crippen LogP contribution in [0.5, 0.6) is 0 Å². The molecule has 34 heavy (non-hydrogen) atoms. The smallest absolute Gasteiger partial charge is 0.308 e. The van der Waals surface area contributed by atoms with Gasteiger partial charge >= 0.3 is 6.01 Å². The molecule has 4 N–H and O–H groups in total. The average Bonchev–Trinajstić information content (AvgIpc) is 3.18. The first-order valence-corrected chi connectivity index (χ1v) is 13.5. The molecular weight excluding hydrogens is 571 g/mol. The largest absolute Gasteiger partial charge is 0.431 e. The van der Waals surface area contributed by atoms with E-state index in [1.54, 1.807) is 0 Å². The summed E-state index contributed by atoms with van der Waals surface area (Å²) in [5.41, 5.74) is 2.35. The highest BCUT2D eigenvalue weighted by Crippen LogP contribution is 2.11. The number of aromatic nitrogens is 1. The van der Waals surface area contributed by atoms with E-state index in [4.69, 9.17) is 4.42 Å². The monoisotopic (exact) mass is 598 g/mol. The highest BCUT2D eigenvalue weighted by molar-refractivity contribution is 14.1. The van der Waals surface area contributed by atoms with Crippen molar-refractivity contribution < 1.29 is 22.7 Å². The maximum absolute atomic E-state index is 12.7. The van der Waals surface area contributed by atoms with Crippen molar-refractivity contribution in [1.82, 2.24) is 15.6 Å². The molecule has 2 aromatic carbocycles. The Kier molecular flexibility index (Phi) is 9.45. The minimum absolute atomic E-state index is 0.122. The van der Waals surface area contributed by atoms with Gasteiger partial charge in [0.2, 0.25) is 15.9 Å². The third-order valence-corrected chi connectivity index (χ3v) is 6.06. The summed E-state index contributed by atoms with van der Waals surface area (Å²) in [6.07, 6.45) is 1.68. The maximum Gasteiger partial charge on any atom is 0.308 e. The third kappa shape index (κ3) is 9.05. The van der Waals surface area contributed by atoms with Gasteiger partial charge in [0, 0.05) is 16.7 Å². The van der Waals surface area contributed by atoms with Crippen LogP contribution in [0.25, 0.3) is 0 Å². The topological polar surface area (TPSA) is 134 Å². The molecule has 0 spiro atoms. The summed E-state index contributed by atoms with van der Waals surface area (Å²) in [7, 11) is -3.54. The van der Waals surface area contributed by atoms with Crippen molar-refractivity contribution in [3.63, 3.8) is 0 Å².